The molecule has 0 radical (unpaired) electrons. The van der Waals surface area contributed by atoms with E-state index in [0.717, 1.165) is 49.9 Å². The molecule has 0 aliphatic carbocycles. The van der Waals surface area contributed by atoms with Crippen LogP contribution in [0.15, 0.2) is 30.5 Å². The Balaban J connectivity index is 1.73. The number of nitrogens with one attached hydrogen (secondary N) is 1. The van der Waals surface area contributed by atoms with Crippen LogP contribution in [0, 0.1) is 0 Å². The molecule has 1 saturated heterocycles. The van der Waals surface area contributed by atoms with Crippen molar-refractivity contribution < 1.29 is 19.0 Å². The van der Waals surface area contributed by atoms with Gasteiger partial charge >= 0.3 is 6.09 Å². The Labute approximate surface area is 165 Å². The third kappa shape index (κ3) is 5.46. The molecule has 8 heteroatoms. The number of carbonyl (C=O) groups excluding carboxylic acids is 1. The molecule has 2 heterocycles. The minimum absolute atomic E-state index is 0.181. The molecular formula is C20H28N4O4. The van der Waals surface area contributed by atoms with Crippen molar-refractivity contribution in [3.05, 3.63) is 30.5 Å². The number of aromatic nitrogens is 2. The standard InChI is InChI=1S/C20H28N4O4/c1-15(2)28-20(25)22-16-4-5-19(17(14-16)18-6-7-21-23(18)3)27-13-10-24-8-11-26-12-9-24/h4-7,14-15H,8-13H2,1-3H3,(H,22,25). The largest absolute Gasteiger partial charge is 0.492 e. The summed E-state index contributed by atoms with van der Waals surface area (Å²) in [6.07, 6.45) is 1.08. The van der Waals surface area contributed by atoms with Crippen LogP contribution in [0.25, 0.3) is 11.3 Å². The predicted octanol–water partition coefficient (Wildman–Crippen LogP) is 2.76. The molecule has 0 spiro atoms. The molecular weight excluding hydrogens is 360 g/mol. The molecule has 1 aromatic heterocycles. The number of hydrogen-bond donors (Lipinski definition) is 1. The van der Waals surface area contributed by atoms with Gasteiger partial charge in [0.2, 0.25) is 0 Å². The number of hydrogen-bond acceptors (Lipinski definition) is 6. The summed E-state index contributed by atoms with van der Waals surface area (Å²) in [5.74, 6) is 0.750. The highest BCUT2D eigenvalue weighted by Crippen LogP contribution is 2.32. The molecule has 0 bridgehead atoms. The minimum Gasteiger partial charge on any atom is -0.492 e. The highest BCUT2D eigenvalue weighted by atomic mass is 16.6. The molecule has 28 heavy (non-hydrogen) atoms. The zero-order chi connectivity index (χ0) is 19.9. The quantitative estimate of drug-likeness (QED) is 0.786. The average Bonchev–Trinajstić information content (AvgIpc) is 3.08. The number of carbonyl (C=O) groups is 1. The fraction of sp³-hybridized carbons (Fsp3) is 0.500. The SMILES string of the molecule is CC(C)OC(=O)Nc1ccc(OCCN2CCOCC2)c(-c2ccnn2C)c1. The van der Waals surface area contributed by atoms with Gasteiger partial charge in [-0.25, -0.2) is 4.79 Å². The van der Waals surface area contributed by atoms with Crippen LogP contribution < -0.4 is 10.1 Å². The normalized spacial score (nSPS) is 14.9. The first-order chi connectivity index (χ1) is 13.5. The topological polar surface area (TPSA) is 77.8 Å². The fourth-order valence-corrected chi connectivity index (χ4v) is 3.04. The van der Waals surface area contributed by atoms with E-state index in [1.54, 1.807) is 10.9 Å². The highest BCUT2D eigenvalue weighted by molar-refractivity contribution is 5.86. The highest BCUT2D eigenvalue weighted by Gasteiger charge is 2.15. The minimum atomic E-state index is -0.480. The van der Waals surface area contributed by atoms with Crippen LogP contribution in [0.3, 0.4) is 0 Å². The van der Waals surface area contributed by atoms with Crippen molar-refractivity contribution in [2.45, 2.75) is 20.0 Å². The summed E-state index contributed by atoms with van der Waals surface area (Å²) in [6, 6.07) is 7.47. The molecule has 1 fully saturated rings. The van der Waals surface area contributed by atoms with Crippen LogP contribution in [0.5, 0.6) is 5.75 Å². The Morgan fingerprint density at radius 2 is 2.07 bits per heavy atom. The average molecular weight is 388 g/mol. The Bertz CT molecular complexity index is 784. The van der Waals surface area contributed by atoms with Crippen molar-refractivity contribution in [3.8, 4) is 17.0 Å². The van der Waals surface area contributed by atoms with Crippen LogP contribution in [0.4, 0.5) is 10.5 Å². The van der Waals surface area contributed by atoms with Crippen molar-refractivity contribution in [1.82, 2.24) is 14.7 Å². The maximum Gasteiger partial charge on any atom is 0.411 e. The second-order valence-electron chi connectivity index (χ2n) is 6.93. The number of rotatable bonds is 7. The second kappa shape index (κ2) is 9.57. The fourth-order valence-electron chi connectivity index (χ4n) is 3.04. The number of aryl methyl sites for hydroxylation is 1. The van der Waals surface area contributed by atoms with Gasteiger partial charge in [0.25, 0.3) is 0 Å². The molecule has 8 nitrogen and oxygen atoms in total. The lowest BCUT2D eigenvalue weighted by Gasteiger charge is -2.26. The summed E-state index contributed by atoms with van der Waals surface area (Å²) in [6.45, 7) is 8.44. The van der Waals surface area contributed by atoms with Gasteiger partial charge < -0.3 is 14.2 Å². The number of anilines is 1. The first kappa shape index (κ1) is 20.2. The van der Waals surface area contributed by atoms with E-state index in [0.29, 0.717) is 12.3 Å². The predicted molar refractivity (Wildman–Crippen MR) is 107 cm³/mol. The van der Waals surface area contributed by atoms with Gasteiger partial charge in [0.1, 0.15) is 12.4 Å². The Morgan fingerprint density at radius 3 is 2.75 bits per heavy atom. The van der Waals surface area contributed by atoms with E-state index < -0.39 is 6.09 Å². The van der Waals surface area contributed by atoms with Gasteiger partial charge in [0.05, 0.1) is 25.0 Å². The second-order valence-corrected chi connectivity index (χ2v) is 6.93. The summed E-state index contributed by atoms with van der Waals surface area (Å²) in [5.41, 5.74) is 2.41. The number of benzene rings is 1. The molecule has 3 rings (SSSR count). The monoisotopic (exact) mass is 388 g/mol. The first-order valence-electron chi connectivity index (χ1n) is 9.56. The van der Waals surface area contributed by atoms with E-state index in [1.807, 2.05) is 45.2 Å². The maximum absolute atomic E-state index is 11.9. The molecule has 1 N–H and O–H groups in total. The molecule has 2 aromatic rings. The molecule has 0 unspecified atom stereocenters. The lowest BCUT2D eigenvalue weighted by molar-refractivity contribution is 0.0323. The lowest BCUT2D eigenvalue weighted by atomic mass is 10.1. The first-order valence-corrected chi connectivity index (χ1v) is 9.56. The van der Waals surface area contributed by atoms with Gasteiger partial charge in [-0.3, -0.25) is 14.9 Å². The van der Waals surface area contributed by atoms with E-state index in [9.17, 15) is 4.79 Å². The molecule has 1 aliphatic heterocycles. The van der Waals surface area contributed by atoms with Gasteiger partial charge in [-0.05, 0) is 38.1 Å². The van der Waals surface area contributed by atoms with E-state index >= 15 is 0 Å². The molecule has 152 valence electrons. The Kier molecular flexibility index (Phi) is 6.89. The summed E-state index contributed by atoms with van der Waals surface area (Å²) in [5, 5.41) is 7.01. The van der Waals surface area contributed by atoms with Gasteiger partial charge in [-0.1, -0.05) is 0 Å². The van der Waals surface area contributed by atoms with Crippen molar-refractivity contribution in [3.63, 3.8) is 0 Å². The third-order valence-corrected chi connectivity index (χ3v) is 4.43. The zero-order valence-corrected chi connectivity index (χ0v) is 16.7. The molecule has 1 amide bonds. The van der Waals surface area contributed by atoms with E-state index in [2.05, 4.69) is 15.3 Å². The van der Waals surface area contributed by atoms with Crippen LogP contribution >= 0.6 is 0 Å². The molecule has 1 aliphatic rings. The summed E-state index contributed by atoms with van der Waals surface area (Å²) >= 11 is 0. The van der Waals surface area contributed by atoms with Crippen molar-refractivity contribution in [2.24, 2.45) is 7.05 Å². The smallest absolute Gasteiger partial charge is 0.411 e. The van der Waals surface area contributed by atoms with Crippen LogP contribution in [-0.2, 0) is 16.5 Å². The van der Waals surface area contributed by atoms with Crippen LogP contribution in [0.1, 0.15) is 13.8 Å². The summed E-state index contributed by atoms with van der Waals surface area (Å²) < 4.78 is 18.4. The van der Waals surface area contributed by atoms with Crippen LogP contribution in [0.2, 0.25) is 0 Å². The lowest BCUT2D eigenvalue weighted by Crippen LogP contribution is -2.38. The summed E-state index contributed by atoms with van der Waals surface area (Å²) in [7, 11) is 1.87. The zero-order valence-electron chi connectivity index (χ0n) is 16.7. The van der Waals surface area contributed by atoms with Gasteiger partial charge in [0, 0.05) is 44.1 Å². The van der Waals surface area contributed by atoms with Gasteiger partial charge in [-0.15, -0.1) is 0 Å². The summed E-state index contributed by atoms with van der Waals surface area (Å²) in [4.78, 5) is 14.2. The van der Waals surface area contributed by atoms with E-state index in [4.69, 9.17) is 14.2 Å². The maximum atomic E-state index is 11.9. The Morgan fingerprint density at radius 1 is 1.29 bits per heavy atom. The van der Waals surface area contributed by atoms with Gasteiger partial charge in [0.15, 0.2) is 0 Å². The van der Waals surface area contributed by atoms with Crippen molar-refractivity contribution >= 4 is 11.8 Å². The van der Waals surface area contributed by atoms with E-state index in [-0.39, 0.29) is 6.10 Å². The number of ether oxygens (including phenoxy) is 3. The molecule has 1 aromatic carbocycles. The number of morpholine rings is 1. The number of amides is 1. The van der Waals surface area contributed by atoms with Gasteiger partial charge in [-0.2, -0.15) is 5.10 Å². The molecule has 0 saturated carbocycles. The van der Waals surface area contributed by atoms with Crippen LogP contribution in [-0.4, -0.2) is 66.3 Å². The Hall–Kier alpha value is -2.58. The molecule has 0 atom stereocenters. The van der Waals surface area contributed by atoms with Crippen molar-refractivity contribution in [2.75, 3.05) is 44.8 Å². The number of nitrogens with zero attached hydrogens (tertiary/aromatic N) is 3. The van der Waals surface area contributed by atoms with Crippen molar-refractivity contribution in [1.29, 1.82) is 0 Å². The van der Waals surface area contributed by atoms with E-state index in [1.165, 1.54) is 0 Å². The third-order valence-electron chi connectivity index (χ3n) is 4.43.